The summed E-state index contributed by atoms with van der Waals surface area (Å²) in [5.74, 6) is 0.728. The number of allylic oxidation sites excluding steroid dienone is 2. The number of carbonyl (C=O) groups is 1. The summed E-state index contributed by atoms with van der Waals surface area (Å²) in [7, 11) is 0. The predicted molar refractivity (Wildman–Crippen MR) is 179 cm³/mol. The van der Waals surface area contributed by atoms with E-state index < -0.39 is 5.41 Å². The molecule has 2 heterocycles. The summed E-state index contributed by atoms with van der Waals surface area (Å²) >= 11 is 0. The Hall–Kier alpha value is -3.27. The van der Waals surface area contributed by atoms with Crippen LogP contribution in [0, 0.1) is 22.8 Å². The Bertz CT molecular complexity index is 1890. The molecule has 2 aromatic heterocycles. The minimum absolute atomic E-state index is 0. The van der Waals surface area contributed by atoms with Gasteiger partial charge >= 0.3 is 0 Å². The fourth-order valence-electron chi connectivity index (χ4n) is 5.88. The fourth-order valence-corrected chi connectivity index (χ4v) is 5.88. The minimum Gasteiger partial charge on any atom is -0.512 e. The summed E-state index contributed by atoms with van der Waals surface area (Å²) in [5, 5.41) is 14.4. The van der Waals surface area contributed by atoms with Gasteiger partial charge in [-0.05, 0) is 56.9 Å². The van der Waals surface area contributed by atoms with Gasteiger partial charge in [0.15, 0.2) is 5.78 Å². The van der Waals surface area contributed by atoms with E-state index in [1.165, 1.54) is 38.9 Å². The summed E-state index contributed by atoms with van der Waals surface area (Å²) in [4.78, 5) is 16.5. The Balaban J connectivity index is 0.000000271. The van der Waals surface area contributed by atoms with Crippen LogP contribution < -0.4 is 0 Å². The third kappa shape index (κ3) is 6.14. The first-order valence-corrected chi connectivity index (χ1v) is 15.2. The van der Waals surface area contributed by atoms with E-state index in [9.17, 15) is 9.90 Å². The third-order valence-corrected chi connectivity index (χ3v) is 8.37. The van der Waals surface area contributed by atoms with Gasteiger partial charge in [0.2, 0.25) is 0 Å². The maximum atomic E-state index is 11.5. The van der Waals surface area contributed by atoms with Crippen molar-refractivity contribution in [2.45, 2.75) is 81.1 Å². The van der Waals surface area contributed by atoms with Gasteiger partial charge in [-0.2, -0.15) is 0 Å². The number of furan rings is 1. The fraction of sp³-hybridized carbons (Fsp3) is 0.385. The Morgan fingerprint density at radius 1 is 1.00 bits per heavy atom. The second-order valence-electron chi connectivity index (χ2n) is 14.9. The van der Waals surface area contributed by atoms with Crippen molar-refractivity contribution in [3.8, 4) is 11.3 Å². The number of hydrogen-bond acceptors (Lipinski definition) is 4. The van der Waals surface area contributed by atoms with Gasteiger partial charge in [0, 0.05) is 48.6 Å². The molecule has 0 fully saturated rings. The van der Waals surface area contributed by atoms with Crippen LogP contribution in [0.2, 0.25) is 0 Å². The molecule has 1 radical (unpaired) electrons. The zero-order valence-corrected chi connectivity index (χ0v) is 30.0. The topological polar surface area (TPSA) is 63.3 Å². The molecule has 5 heteroatoms. The van der Waals surface area contributed by atoms with E-state index >= 15 is 0 Å². The van der Waals surface area contributed by atoms with Gasteiger partial charge in [-0.3, -0.25) is 4.79 Å². The molecule has 1 aliphatic carbocycles. The van der Waals surface area contributed by atoms with Crippen molar-refractivity contribution in [3.63, 3.8) is 0 Å². The van der Waals surface area contributed by atoms with E-state index in [0.717, 1.165) is 34.2 Å². The van der Waals surface area contributed by atoms with Gasteiger partial charge in [0.25, 0.3) is 0 Å². The first-order chi connectivity index (χ1) is 20.0. The molecule has 233 valence electrons. The number of nitrogens with zero attached hydrogens (tertiary/aromatic N) is 1. The van der Waals surface area contributed by atoms with Crippen molar-refractivity contribution in [1.29, 1.82) is 0 Å². The number of carbonyl (C=O) groups excluding carboxylic acids is 1. The number of fused-ring (bicyclic) bond motifs is 4. The van der Waals surface area contributed by atoms with Crippen LogP contribution in [0.4, 0.5) is 0 Å². The van der Waals surface area contributed by atoms with E-state index in [-0.39, 0.29) is 42.5 Å². The molecular formula is C39H44IrNO3-. The van der Waals surface area contributed by atoms with E-state index in [1.54, 1.807) is 0 Å². The average Bonchev–Trinajstić information content (AvgIpc) is 3.26. The van der Waals surface area contributed by atoms with Crippen LogP contribution in [0.15, 0.2) is 71.0 Å². The predicted octanol–water partition coefficient (Wildman–Crippen LogP) is 10.5. The van der Waals surface area contributed by atoms with E-state index in [2.05, 4.69) is 70.2 Å². The van der Waals surface area contributed by atoms with Crippen LogP contribution >= 0.6 is 0 Å². The van der Waals surface area contributed by atoms with Gasteiger partial charge in [-0.25, -0.2) is 0 Å². The van der Waals surface area contributed by atoms with Gasteiger partial charge in [-0.1, -0.05) is 111 Å². The number of rotatable bonds is 3. The van der Waals surface area contributed by atoms with Crippen molar-refractivity contribution in [2.75, 3.05) is 0 Å². The summed E-state index contributed by atoms with van der Waals surface area (Å²) < 4.78 is 6.22. The van der Waals surface area contributed by atoms with E-state index in [1.807, 2.05) is 59.9 Å². The number of hydrogen-bond donors (Lipinski definition) is 1. The Morgan fingerprint density at radius 3 is 2.32 bits per heavy atom. The number of benzene rings is 3. The third-order valence-electron chi connectivity index (χ3n) is 8.37. The van der Waals surface area contributed by atoms with Crippen LogP contribution in [0.5, 0.6) is 0 Å². The largest absolute Gasteiger partial charge is 0.512 e. The molecule has 0 amide bonds. The first-order valence-electron chi connectivity index (χ1n) is 15.2. The molecule has 5 aromatic rings. The van der Waals surface area contributed by atoms with Crippen LogP contribution in [-0.2, 0) is 36.7 Å². The molecule has 1 aliphatic rings. The first kappa shape index (κ1) is 33.6. The molecule has 0 spiro atoms. The summed E-state index contributed by atoms with van der Waals surface area (Å²) in [6.45, 7) is 20.3. The molecule has 1 N–H and O–H groups in total. The van der Waals surface area contributed by atoms with Crippen LogP contribution in [0.25, 0.3) is 44.0 Å². The smallest absolute Gasteiger partial charge is 0.164 e. The number of aliphatic hydroxyl groups excluding tert-OH is 1. The Kier molecular flexibility index (Phi) is 9.10. The zero-order valence-electron chi connectivity index (χ0n) is 27.6. The van der Waals surface area contributed by atoms with Crippen molar-refractivity contribution >= 4 is 38.5 Å². The summed E-state index contributed by atoms with van der Waals surface area (Å²) in [6.07, 6.45) is 4.43. The standard InChI is InChI=1S/C28H24NO.C11H20O2.Ir/c1-16(2)13-17-11-12-18-15-29-27-19-7-5-9-22-24(19)25-21(8-6-10-23(25)30-22)28(3,4)26(27)20(18)14-17;1-10(2,3)8(12)7-9(13)11(4,5)6;/h5-6,8-12,14-16H,13H2,1-4H3;7,12H,1-6H3;/q-1;;/b;8-7-;. The van der Waals surface area contributed by atoms with Crippen LogP contribution in [-0.4, -0.2) is 15.9 Å². The van der Waals surface area contributed by atoms with E-state index in [4.69, 9.17) is 9.40 Å². The zero-order chi connectivity index (χ0) is 31.5. The average molecular weight is 767 g/mol. The molecule has 44 heavy (non-hydrogen) atoms. The Labute approximate surface area is 275 Å². The molecular weight excluding hydrogens is 723 g/mol. The second-order valence-corrected chi connectivity index (χ2v) is 14.9. The second kappa shape index (κ2) is 11.9. The summed E-state index contributed by atoms with van der Waals surface area (Å²) in [5.41, 5.74) is 6.91. The normalized spacial score (nSPS) is 14.3. The van der Waals surface area contributed by atoms with Crippen LogP contribution in [0.3, 0.4) is 0 Å². The molecule has 4 nitrogen and oxygen atoms in total. The minimum atomic E-state index is -0.417. The maximum Gasteiger partial charge on any atom is 0.164 e. The molecule has 3 aromatic carbocycles. The Morgan fingerprint density at radius 2 is 1.68 bits per heavy atom. The maximum absolute atomic E-state index is 11.5. The quantitative estimate of drug-likeness (QED) is 0.113. The number of aromatic nitrogens is 1. The molecule has 0 saturated carbocycles. The molecule has 0 aliphatic heterocycles. The van der Waals surface area contributed by atoms with Gasteiger partial charge in [-0.15, -0.1) is 17.7 Å². The molecule has 6 rings (SSSR count). The molecule has 0 saturated heterocycles. The van der Waals surface area contributed by atoms with Gasteiger partial charge in [0.1, 0.15) is 11.3 Å². The number of aliphatic hydroxyl groups is 1. The van der Waals surface area contributed by atoms with Crippen molar-refractivity contribution in [1.82, 2.24) is 4.98 Å². The molecule has 0 unspecified atom stereocenters. The van der Waals surface area contributed by atoms with Crippen molar-refractivity contribution in [2.24, 2.45) is 16.7 Å². The van der Waals surface area contributed by atoms with Crippen LogP contribution in [0.1, 0.15) is 85.9 Å². The molecule has 0 bridgehead atoms. The molecule has 0 atom stereocenters. The SMILES string of the molecule is CC(C)(C)C(=O)/C=C(\O)C(C)(C)C.CC(C)Cc1ccc2cnc3c(c2c1)C(C)(C)c1cccc2oc4cc[c-]c-3c4c12.[Ir]. The van der Waals surface area contributed by atoms with Gasteiger partial charge < -0.3 is 14.5 Å². The van der Waals surface area contributed by atoms with Crippen molar-refractivity contribution < 1.29 is 34.4 Å². The number of ketones is 1. The van der Waals surface area contributed by atoms with Gasteiger partial charge in [0.05, 0.1) is 5.58 Å². The number of pyridine rings is 1. The summed E-state index contributed by atoms with van der Waals surface area (Å²) in [6, 6.07) is 20.8. The van der Waals surface area contributed by atoms with Crippen molar-refractivity contribution in [3.05, 3.63) is 89.3 Å². The van der Waals surface area contributed by atoms with E-state index in [0.29, 0.717) is 5.92 Å². The monoisotopic (exact) mass is 767 g/mol.